The van der Waals surface area contributed by atoms with Gasteiger partial charge in [0.2, 0.25) is 0 Å². The van der Waals surface area contributed by atoms with Crippen LogP contribution >= 0.6 is 35.0 Å². The Morgan fingerprint density at radius 2 is 1.66 bits per heavy atom. The molecule has 0 unspecified atom stereocenters. The van der Waals surface area contributed by atoms with Crippen LogP contribution in [-0.2, 0) is 17.8 Å². The van der Waals surface area contributed by atoms with E-state index >= 15 is 0 Å². The third-order valence-electron chi connectivity index (χ3n) is 4.94. The van der Waals surface area contributed by atoms with E-state index < -0.39 is 0 Å². The Balaban J connectivity index is 1.42. The lowest BCUT2D eigenvalue weighted by Crippen LogP contribution is -2.30. The lowest BCUT2D eigenvalue weighted by atomic mass is 10.1. The summed E-state index contributed by atoms with van der Waals surface area (Å²) in [7, 11) is 0. The van der Waals surface area contributed by atoms with Crippen molar-refractivity contribution in [3.05, 3.63) is 104 Å². The fraction of sp³-hybridized carbons (Fsp3) is 0.120. The number of rotatable bonds is 7. The van der Waals surface area contributed by atoms with Crippen LogP contribution in [0, 0.1) is 0 Å². The van der Waals surface area contributed by atoms with Crippen LogP contribution in [0.25, 0.3) is 6.08 Å². The van der Waals surface area contributed by atoms with Crippen LogP contribution in [0.4, 0.5) is 4.79 Å². The molecule has 1 heterocycles. The number of benzene rings is 3. The Labute approximate surface area is 200 Å². The van der Waals surface area contributed by atoms with E-state index in [-0.39, 0.29) is 11.1 Å². The topological polar surface area (TPSA) is 46.6 Å². The van der Waals surface area contributed by atoms with E-state index in [1.165, 1.54) is 4.90 Å². The highest BCUT2D eigenvalue weighted by molar-refractivity contribution is 8.18. The highest BCUT2D eigenvalue weighted by Crippen LogP contribution is 2.34. The van der Waals surface area contributed by atoms with Gasteiger partial charge in [-0.1, -0.05) is 77.8 Å². The van der Waals surface area contributed by atoms with E-state index in [0.717, 1.165) is 22.9 Å². The second-order valence-electron chi connectivity index (χ2n) is 7.14. The molecule has 4 rings (SSSR count). The highest BCUT2D eigenvalue weighted by atomic mass is 35.5. The van der Waals surface area contributed by atoms with Crippen molar-refractivity contribution in [3.63, 3.8) is 0 Å². The van der Waals surface area contributed by atoms with Crippen LogP contribution in [-0.4, -0.2) is 22.6 Å². The number of amides is 2. The number of halogens is 2. The molecule has 162 valence electrons. The van der Waals surface area contributed by atoms with Crippen molar-refractivity contribution in [1.29, 1.82) is 0 Å². The minimum atomic E-state index is -0.286. The third-order valence-corrected chi connectivity index (χ3v) is 6.51. The van der Waals surface area contributed by atoms with Crippen molar-refractivity contribution in [2.24, 2.45) is 0 Å². The molecular weight excluding hydrogens is 465 g/mol. The van der Waals surface area contributed by atoms with Crippen LogP contribution in [0.3, 0.4) is 0 Å². The number of ether oxygens (including phenoxy) is 1. The molecule has 1 aliphatic heterocycles. The maximum atomic E-state index is 12.7. The molecule has 0 N–H and O–H groups in total. The Morgan fingerprint density at radius 3 is 2.41 bits per heavy atom. The number of carbonyl (C=O) groups excluding carboxylic acids is 2. The number of hydrogen-bond donors (Lipinski definition) is 0. The van der Waals surface area contributed by atoms with Gasteiger partial charge in [-0.05, 0) is 53.6 Å². The molecule has 1 aliphatic rings. The third kappa shape index (κ3) is 5.36. The molecule has 0 aromatic heterocycles. The largest absolute Gasteiger partial charge is 0.487 e. The van der Waals surface area contributed by atoms with Gasteiger partial charge in [0.05, 0.1) is 9.93 Å². The zero-order chi connectivity index (χ0) is 22.5. The molecule has 2 amide bonds. The summed E-state index contributed by atoms with van der Waals surface area (Å²) < 4.78 is 5.79. The van der Waals surface area contributed by atoms with E-state index in [4.69, 9.17) is 27.9 Å². The van der Waals surface area contributed by atoms with E-state index in [9.17, 15) is 9.59 Å². The first-order chi connectivity index (χ1) is 15.5. The first-order valence-electron chi connectivity index (χ1n) is 9.96. The number of nitrogens with zero attached hydrogens (tertiary/aromatic N) is 1. The summed E-state index contributed by atoms with van der Waals surface area (Å²) in [5.41, 5.74) is 2.65. The monoisotopic (exact) mass is 483 g/mol. The first kappa shape index (κ1) is 22.5. The number of hydrogen-bond acceptors (Lipinski definition) is 4. The van der Waals surface area contributed by atoms with E-state index in [1.54, 1.807) is 30.3 Å². The van der Waals surface area contributed by atoms with Gasteiger partial charge in [-0.25, -0.2) is 0 Å². The fourth-order valence-electron chi connectivity index (χ4n) is 3.22. The maximum absolute atomic E-state index is 12.7. The molecule has 1 saturated heterocycles. The van der Waals surface area contributed by atoms with Gasteiger partial charge in [-0.2, -0.15) is 0 Å². The smallest absolute Gasteiger partial charge is 0.293 e. The number of imide groups is 1. The lowest BCUT2D eigenvalue weighted by molar-refractivity contribution is -0.122. The number of carbonyl (C=O) groups is 2. The summed E-state index contributed by atoms with van der Waals surface area (Å²) in [4.78, 5) is 26.7. The zero-order valence-corrected chi connectivity index (χ0v) is 19.3. The predicted octanol–water partition coefficient (Wildman–Crippen LogP) is 6.85. The van der Waals surface area contributed by atoms with E-state index in [2.05, 4.69) is 0 Å². The first-order valence-corrected chi connectivity index (χ1v) is 11.5. The molecule has 3 aromatic rings. The average Bonchev–Trinajstić information content (AvgIpc) is 3.05. The number of thioether (sulfide) groups is 1. The molecule has 0 radical (unpaired) electrons. The normalized spacial score (nSPS) is 14.9. The minimum Gasteiger partial charge on any atom is -0.487 e. The van der Waals surface area contributed by atoms with Crippen molar-refractivity contribution in [2.45, 2.75) is 13.0 Å². The summed E-state index contributed by atoms with van der Waals surface area (Å²) in [5.74, 6) is 0.228. The summed E-state index contributed by atoms with van der Waals surface area (Å²) in [6.07, 6.45) is 2.30. The van der Waals surface area contributed by atoms with Crippen molar-refractivity contribution in [1.82, 2.24) is 4.90 Å². The zero-order valence-electron chi connectivity index (χ0n) is 17.0. The van der Waals surface area contributed by atoms with Crippen LogP contribution in [0.15, 0.2) is 77.7 Å². The SMILES string of the molecule is O=C1S/C(=C\c2ccc(OCc3ccccc3Cl)c(Cl)c2)C(=O)N1CCc1ccccc1. The van der Waals surface area contributed by atoms with E-state index in [1.807, 2.05) is 48.5 Å². The average molecular weight is 484 g/mol. The molecule has 32 heavy (non-hydrogen) atoms. The van der Waals surface area contributed by atoms with Crippen molar-refractivity contribution < 1.29 is 14.3 Å². The Hall–Kier alpha value is -2.73. The van der Waals surface area contributed by atoms with Gasteiger partial charge in [0, 0.05) is 17.1 Å². The molecule has 0 bridgehead atoms. The lowest BCUT2D eigenvalue weighted by Gasteiger charge is -2.12. The van der Waals surface area contributed by atoms with Gasteiger partial charge in [0.25, 0.3) is 11.1 Å². The van der Waals surface area contributed by atoms with E-state index in [0.29, 0.717) is 45.8 Å². The van der Waals surface area contributed by atoms with Gasteiger partial charge in [-0.15, -0.1) is 0 Å². The van der Waals surface area contributed by atoms with Crippen LogP contribution < -0.4 is 4.74 Å². The summed E-state index contributed by atoms with van der Waals surface area (Å²) in [6, 6.07) is 22.5. The minimum absolute atomic E-state index is 0.261. The van der Waals surface area contributed by atoms with Crippen molar-refractivity contribution in [3.8, 4) is 5.75 Å². The van der Waals surface area contributed by atoms with Crippen LogP contribution in [0.2, 0.25) is 10.0 Å². The highest BCUT2D eigenvalue weighted by Gasteiger charge is 2.34. The Bertz CT molecular complexity index is 1180. The van der Waals surface area contributed by atoms with Crippen molar-refractivity contribution in [2.75, 3.05) is 6.54 Å². The second-order valence-corrected chi connectivity index (χ2v) is 8.95. The molecule has 3 aromatic carbocycles. The molecule has 4 nitrogen and oxygen atoms in total. The summed E-state index contributed by atoms with van der Waals surface area (Å²) >= 11 is 13.5. The van der Waals surface area contributed by atoms with Gasteiger partial charge < -0.3 is 4.74 Å². The molecule has 0 atom stereocenters. The molecule has 0 spiro atoms. The molecule has 7 heteroatoms. The van der Waals surface area contributed by atoms with Gasteiger partial charge in [-0.3, -0.25) is 14.5 Å². The maximum Gasteiger partial charge on any atom is 0.293 e. The van der Waals surface area contributed by atoms with Crippen LogP contribution in [0.1, 0.15) is 16.7 Å². The molecular formula is C25H19Cl2NO3S. The second kappa shape index (κ2) is 10.3. The van der Waals surface area contributed by atoms with Gasteiger partial charge in [0.15, 0.2) is 0 Å². The molecule has 0 aliphatic carbocycles. The van der Waals surface area contributed by atoms with Gasteiger partial charge in [0.1, 0.15) is 12.4 Å². The molecule has 1 fully saturated rings. The Kier molecular flexibility index (Phi) is 7.20. The fourth-order valence-corrected chi connectivity index (χ4v) is 4.52. The predicted molar refractivity (Wildman–Crippen MR) is 130 cm³/mol. The van der Waals surface area contributed by atoms with Crippen LogP contribution in [0.5, 0.6) is 5.75 Å². The summed E-state index contributed by atoms with van der Waals surface area (Å²) in [6.45, 7) is 0.640. The quantitative estimate of drug-likeness (QED) is 0.344. The van der Waals surface area contributed by atoms with Gasteiger partial charge >= 0.3 is 0 Å². The van der Waals surface area contributed by atoms with Crippen molar-refractivity contribution >= 4 is 52.2 Å². The standard InChI is InChI=1S/C25H19Cl2NO3S/c26-20-9-5-4-8-19(20)16-31-22-11-10-18(14-21(22)27)15-23-24(29)28(25(30)32-23)13-12-17-6-2-1-3-7-17/h1-11,14-15H,12-13,16H2/b23-15-. The molecule has 0 saturated carbocycles. The Morgan fingerprint density at radius 1 is 0.906 bits per heavy atom. The summed E-state index contributed by atoms with van der Waals surface area (Å²) in [5, 5.41) is 0.778.